The van der Waals surface area contributed by atoms with E-state index in [0.29, 0.717) is 5.56 Å². The summed E-state index contributed by atoms with van der Waals surface area (Å²) in [7, 11) is -2.84. The molecule has 152 valence electrons. The molecule has 0 aliphatic carbocycles. The smallest absolute Gasteiger partial charge is 0.407 e. The van der Waals surface area contributed by atoms with Crippen LogP contribution in [-0.2, 0) is 16.4 Å². The average molecular weight is 439 g/mol. The van der Waals surface area contributed by atoms with Crippen molar-refractivity contribution in [3.05, 3.63) is 64.8 Å². The first-order chi connectivity index (χ1) is 13.6. The SMILES string of the molecule is Cc1cccc(-n2nc(CN(C)C(=O)O)cc2S(=O)(=O)c2ccc(Cl)nc2)c1F. The van der Waals surface area contributed by atoms with Crippen LogP contribution in [0.15, 0.2) is 52.5 Å². The molecule has 0 spiro atoms. The van der Waals surface area contributed by atoms with E-state index >= 15 is 0 Å². The van der Waals surface area contributed by atoms with Crippen LogP contribution in [0.3, 0.4) is 0 Å². The van der Waals surface area contributed by atoms with Gasteiger partial charge in [-0.15, -0.1) is 0 Å². The van der Waals surface area contributed by atoms with Crippen LogP contribution < -0.4 is 0 Å². The zero-order valence-electron chi connectivity index (χ0n) is 15.4. The summed E-state index contributed by atoms with van der Waals surface area (Å²) in [4.78, 5) is 15.7. The number of aryl methyl sites for hydroxylation is 1. The summed E-state index contributed by atoms with van der Waals surface area (Å²) in [6, 6.07) is 8.31. The molecule has 0 atom stereocenters. The zero-order chi connectivity index (χ0) is 21.3. The highest BCUT2D eigenvalue weighted by molar-refractivity contribution is 7.91. The third-order valence-corrected chi connectivity index (χ3v) is 6.07. The molecule has 0 saturated heterocycles. The summed E-state index contributed by atoms with van der Waals surface area (Å²) >= 11 is 5.73. The molecule has 1 N–H and O–H groups in total. The minimum Gasteiger partial charge on any atom is -0.465 e. The maximum absolute atomic E-state index is 14.7. The molecule has 29 heavy (non-hydrogen) atoms. The molecule has 8 nitrogen and oxygen atoms in total. The maximum Gasteiger partial charge on any atom is 0.407 e. The lowest BCUT2D eigenvalue weighted by molar-refractivity contribution is 0.153. The Labute approximate surface area is 171 Å². The third-order valence-electron chi connectivity index (χ3n) is 4.14. The van der Waals surface area contributed by atoms with Gasteiger partial charge in [0.2, 0.25) is 9.84 Å². The first-order valence-corrected chi connectivity index (χ1v) is 10.1. The Kier molecular flexibility index (Phi) is 5.58. The van der Waals surface area contributed by atoms with E-state index in [1.807, 2.05) is 0 Å². The van der Waals surface area contributed by atoms with Gasteiger partial charge in [-0.1, -0.05) is 23.7 Å². The molecule has 0 unspecified atom stereocenters. The molecule has 1 aromatic carbocycles. The molecule has 2 aromatic heterocycles. The van der Waals surface area contributed by atoms with Crippen LogP contribution in [0.1, 0.15) is 11.3 Å². The van der Waals surface area contributed by atoms with Crippen LogP contribution in [-0.4, -0.2) is 46.3 Å². The number of amides is 1. The van der Waals surface area contributed by atoms with Gasteiger partial charge in [-0.05, 0) is 30.7 Å². The molecule has 0 aliphatic heterocycles. The van der Waals surface area contributed by atoms with E-state index in [0.717, 1.165) is 15.8 Å². The van der Waals surface area contributed by atoms with E-state index in [1.54, 1.807) is 19.1 Å². The fourth-order valence-electron chi connectivity index (χ4n) is 2.60. The first-order valence-electron chi connectivity index (χ1n) is 8.26. The Balaban J connectivity index is 2.21. The fraction of sp³-hybridized carbons (Fsp3) is 0.167. The van der Waals surface area contributed by atoms with Gasteiger partial charge in [0.05, 0.1) is 17.1 Å². The number of hydrogen-bond donors (Lipinski definition) is 1. The standard InChI is InChI=1S/C18H16ClFN4O4S/c1-11-4-3-5-14(17(11)20)24-16(8-12(22-24)10-23(2)18(25)26)29(27,28)13-6-7-15(19)21-9-13/h3-9H,10H2,1-2H3,(H,25,26). The predicted molar refractivity (Wildman–Crippen MR) is 102 cm³/mol. The number of halogens is 2. The monoisotopic (exact) mass is 438 g/mol. The fourth-order valence-corrected chi connectivity index (χ4v) is 4.05. The second kappa shape index (κ2) is 7.80. The lowest BCUT2D eigenvalue weighted by Gasteiger charge is -2.11. The first kappa shape index (κ1) is 20.7. The van der Waals surface area contributed by atoms with Gasteiger partial charge < -0.3 is 10.0 Å². The van der Waals surface area contributed by atoms with Crippen molar-refractivity contribution < 1.29 is 22.7 Å². The van der Waals surface area contributed by atoms with Gasteiger partial charge >= 0.3 is 6.09 Å². The van der Waals surface area contributed by atoms with Gasteiger partial charge in [0.1, 0.15) is 10.8 Å². The minimum absolute atomic E-state index is 0.0743. The number of hydrogen-bond acceptors (Lipinski definition) is 5. The van der Waals surface area contributed by atoms with Crippen LogP contribution in [0.5, 0.6) is 0 Å². The number of nitrogens with zero attached hydrogens (tertiary/aromatic N) is 4. The second-order valence-electron chi connectivity index (χ2n) is 6.25. The van der Waals surface area contributed by atoms with Crippen LogP contribution in [0, 0.1) is 12.7 Å². The molecular formula is C18H16ClFN4O4S. The normalized spacial score (nSPS) is 11.4. The summed E-state index contributed by atoms with van der Waals surface area (Å²) in [5.74, 6) is -0.639. The minimum atomic E-state index is -4.15. The number of sulfone groups is 1. The Hall–Kier alpha value is -2.98. The molecule has 0 fully saturated rings. The van der Waals surface area contributed by atoms with E-state index in [4.69, 9.17) is 16.7 Å². The second-order valence-corrected chi connectivity index (χ2v) is 8.54. The van der Waals surface area contributed by atoms with E-state index < -0.39 is 21.7 Å². The number of rotatable bonds is 5. The maximum atomic E-state index is 14.7. The van der Waals surface area contributed by atoms with Crippen molar-refractivity contribution >= 4 is 27.5 Å². The van der Waals surface area contributed by atoms with Crippen LogP contribution in [0.25, 0.3) is 5.69 Å². The van der Waals surface area contributed by atoms with Crippen molar-refractivity contribution in [3.8, 4) is 5.69 Å². The summed E-state index contributed by atoms with van der Waals surface area (Å²) in [5, 5.41) is 13.0. The van der Waals surface area contributed by atoms with Gasteiger partial charge in [0.15, 0.2) is 10.8 Å². The number of carbonyl (C=O) groups is 1. The highest BCUT2D eigenvalue weighted by atomic mass is 35.5. The predicted octanol–water partition coefficient (Wildman–Crippen LogP) is 3.31. The van der Waals surface area contributed by atoms with Crippen molar-refractivity contribution in [2.24, 2.45) is 0 Å². The van der Waals surface area contributed by atoms with Crippen molar-refractivity contribution in [1.82, 2.24) is 19.7 Å². The molecular weight excluding hydrogens is 423 g/mol. The Morgan fingerprint density at radius 2 is 2.03 bits per heavy atom. The summed E-state index contributed by atoms with van der Waals surface area (Å²) in [5.41, 5.74) is 0.366. The summed E-state index contributed by atoms with van der Waals surface area (Å²) in [6.45, 7) is 1.36. The summed E-state index contributed by atoms with van der Waals surface area (Å²) in [6.07, 6.45) is -0.127. The van der Waals surface area contributed by atoms with Crippen molar-refractivity contribution in [1.29, 1.82) is 0 Å². The van der Waals surface area contributed by atoms with Gasteiger partial charge in [-0.25, -0.2) is 27.3 Å². The molecule has 2 heterocycles. The van der Waals surface area contributed by atoms with E-state index in [-0.39, 0.29) is 33.0 Å². The van der Waals surface area contributed by atoms with E-state index in [9.17, 15) is 17.6 Å². The highest BCUT2D eigenvalue weighted by Gasteiger charge is 2.27. The van der Waals surface area contributed by atoms with Crippen LogP contribution in [0.4, 0.5) is 9.18 Å². The third kappa shape index (κ3) is 4.08. The Bertz CT molecular complexity index is 1180. The van der Waals surface area contributed by atoms with Crippen LogP contribution in [0.2, 0.25) is 5.15 Å². The van der Waals surface area contributed by atoms with E-state index in [1.165, 1.54) is 31.3 Å². The molecule has 11 heteroatoms. The molecule has 0 radical (unpaired) electrons. The van der Waals surface area contributed by atoms with Gasteiger partial charge in [0, 0.05) is 19.3 Å². The lowest BCUT2D eigenvalue weighted by atomic mass is 10.2. The van der Waals surface area contributed by atoms with Gasteiger partial charge in [0.25, 0.3) is 0 Å². The van der Waals surface area contributed by atoms with Gasteiger partial charge in [-0.2, -0.15) is 5.10 Å². The largest absolute Gasteiger partial charge is 0.465 e. The van der Waals surface area contributed by atoms with Crippen molar-refractivity contribution in [3.63, 3.8) is 0 Å². The molecule has 0 aliphatic rings. The van der Waals surface area contributed by atoms with Crippen molar-refractivity contribution in [2.75, 3.05) is 7.05 Å². The lowest BCUT2D eigenvalue weighted by Crippen LogP contribution is -2.24. The topological polar surface area (TPSA) is 105 Å². The molecule has 1 amide bonds. The Morgan fingerprint density at radius 3 is 2.66 bits per heavy atom. The number of aromatic nitrogens is 3. The average Bonchev–Trinajstić information content (AvgIpc) is 3.08. The molecule has 0 bridgehead atoms. The Morgan fingerprint density at radius 1 is 1.31 bits per heavy atom. The quantitative estimate of drug-likeness (QED) is 0.612. The molecule has 3 aromatic rings. The van der Waals surface area contributed by atoms with Gasteiger partial charge in [-0.3, -0.25) is 0 Å². The zero-order valence-corrected chi connectivity index (χ0v) is 16.9. The molecule has 3 rings (SSSR count). The molecule has 0 saturated carbocycles. The van der Waals surface area contributed by atoms with Crippen LogP contribution >= 0.6 is 11.6 Å². The highest BCUT2D eigenvalue weighted by Crippen LogP contribution is 2.27. The van der Waals surface area contributed by atoms with Crippen molar-refractivity contribution in [2.45, 2.75) is 23.4 Å². The summed E-state index contributed by atoms with van der Waals surface area (Å²) < 4.78 is 42.0. The number of pyridine rings is 1. The number of carboxylic acid groups (broad SMARTS) is 1. The van der Waals surface area contributed by atoms with E-state index in [2.05, 4.69) is 10.1 Å². The number of benzene rings is 1.